The number of carbonyl (C=O) groups is 3. The summed E-state index contributed by atoms with van der Waals surface area (Å²) < 4.78 is 0. The minimum atomic E-state index is -0.231. The van der Waals surface area contributed by atoms with Gasteiger partial charge in [-0.2, -0.15) is 0 Å². The van der Waals surface area contributed by atoms with Crippen molar-refractivity contribution in [1.82, 2.24) is 24.7 Å². The third-order valence-electron chi connectivity index (χ3n) is 6.21. The van der Waals surface area contributed by atoms with Gasteiger partial charge in [0.1, 0.15) is 5.82 Å². The second kappa shape index (κ2) is 7.48. The molecular weight excluding hydrogens is 358 g/mol. The van der Waals surface area contributed by atoms with Gasteiger partial charge in [0, 0.05) is 76.7 Å². The lowest BCUT2D eigenvalue weighted by Gasteiger charge is -2.30. The van der Waals surface area contributed by atoms with E-state index in [2.05, 4.69) is 4.98 Å². The molecule has 4 heterocycles. The van der Waals surface area contributed by atoms with Gasteiger partial charge in [-0.1, -0.05) is 0 Å². The first-order valence-corrected chi connectivity index (χ1v) is 10.1. The molecule has 1 aromatic heterocycles. The van der Waals surface area contributed by atoms with Gasteiger partial charge in [-0.3, -0.25) is 14.4 Å². The molecule has 8 heteroatoms. The number of nitrogens with zero attached hydrogens (tertiary/aromatic N) is 5. The number of carbonyl (C=O) groups excluding carboxylic acids is 3. The molecule has 3 aliphatic heterocycles. The van der Waals surface area contributed by atoms with Crippen molar-refractivity contribution in [2.45, 2.75) is 45.6 Å². The summed E-state index contributed by atoms with van der Waals surface area (Å²) in [6.45, 7) is 7.31. The van der Waals surface area contributed by atoms with Crippen LogP contribution in [0.1, 0.15) is 49.7 Å². The van der Waals surface area contributed by atoms with Crippen LogP contribution < -0.4 is 0 Å². The number of amides is 3. The van der Waals surface area contributed by atoms with Crippen molar-refractivity contribution in [1.29, 1.82) is 0 Å². The fraction of sp³-hybridized carbons (Fsp3) is 0.650. The molecule has 3 amide bonds. The molecule has 0 radical (unpaired) electrons. The van der Waals surface area contributed by atoms with Crippen molar-refractivity contribution in [2.75, 3.05) is 32.7 Å². The van der Waals surface area contributed by atoms with Crippen LogP contribution in [-0.4, -0.2) is 75.1 Å². The Morgan fingerprint density at radius 2 is 2.04 bits per heavy atom. The van der Waals surface area contributed by atoms with Gasteiger partial charge in [0.05, 0.1) is 11.6 Å². The molecule has 0 N–H and O–H groups in total. The summed E-state index contributed by atoms with van der Waals surface area (Å²) in [5.41, 5.74) is 1.99. The second-order valence-corrected chi connectivity index (χ2v) is 7.99. The van der Waals surface area contributed by atoms with Crippen LogP contribution >= 0.6 is 0 Å². The third kappa shape index (κ3) is 3.47. The van der Waals surface area contributed by atoms with E-state index in [9.17, 15) is 14.4 Å². The van der Waals surface area contributed by atoms with Crippen LogP contribution in [0.2, 0.25) is 0 Å². The molecule has 8 nitrogen and oxygen atoms in total. The molecule has 150 valence electrons. The number of rotatable bonds is 3. The van der Waals surface area contributed by atoms with E-state index in [-0.39, 0.29) is 29.6 Å². The van der Waals surface area contributed by atoms with Crippen LogP contribution in [0.25, 0.3) is 0 Å². The van der Waals surface area contributed by atoms with Gasteiger partial charge in [0.2, 0.25) is 17.7 Å². The Bertz CT molecular complexity index is 811. The molecule has 3 aliphatic rings. The molecule has 0 spiro atoms. The summed E-state index contributed by atoms with van der Waals surface area (Å²) in [6, 6.07) is 0. The zero-order valence-corrected chi connectivity index (χ0v) is 16.6. The zero-order chi connectivity index (χ0) is 19.8. The predicted octanol–water partition coefficient (Wildman–Crippen LogP) is 0.566. The van der Waals surface area contributed by atoms with Gasteiger partial charge in [-0.05, 0) is 13.3 Å². The van der Waals surface area contributed by atoms with Crippen molar-refractivity contribution in [2.24, 2.45) is 5.92 Å². The Morgan fingerprint density at radius 3 is 2.71 bits per heavy atom. The van der Waals surface area contributed by atoms with Gasteiger partial charge in [0.25, 0.3) is 0 Å². The SMILES string of the molecule is CCN1CC(C(=O)N2CCc3nc(C4CCN(C(C)=O)C4)ncc3C2)CC1=O. The quantitative estimate of drug-likeness (QED) is 0.759. The first kappa shape index (κ1) is 18.8. The molecule has 0 aromatic carbocycles. The van der Waals surface area contributed by atoms with Crippen molar-refractivity contribution >= 4 is 17.7 Å². The summed E-state index contributed by atoms with van der Waals surface area (Å²) in [5, 5.41) is 0. The summed E-state index contributed by atoms with van der Waals surface area (Å²) >= 11 is 0. The van der Waals surface area contributed by atoms with Crippen LogP contribution in [0, 0.1) is 5.92 Å². The second-order valence-electron chi connectivity index (χ2n) is 7.99. The molecule has 28 heavy (non-hydrogen) atoms. The predicted molar refractivity (Wildman–Crippen MR) is 101 cm³/mol. The van der Waals surface area contributed by atoms with E-state index in [4.69, 9.17) is 4.98 Å². The monoisotopic (exact) mass is 385 g/mol. The Morgan fingerprint density at radius 1 is 1.21 bits per heavy atom. The summed E-state index contributed by atoms with van der Waals surface area (Å²) in [5.74, 6) is 1.00. The summed E-state index contributed by atoms with van der Waals surface area (Å²) in [4.78, 5) is 51.1. The van der Waals surface area contributed by atoms with Gasteiger partial charge >= 0.3 is 0 Å². The van der Waals surface area contributed by atoms with Gasteiger partial charge in [-0.25, -0.2) is 9.97 Å². The topological polar surface area (TPSA) is 86.7 Å². The van der Waals surface area contributed by atoms with Crippen molar-refractivity contribution in [3.05, 3.63) is 23.3 Å². The van der Waals surface area contributed by atoms with Crippen LogP contribution in [-0.2, 0) is 27.3 Å². The summed E-state index contributed by atoms with van der Waals surface area (Å²) in [7, 11) is 0. The highest BCUT2D eigenvalue weighted by molar-refractivity contribution is 5.89. The Labute approximate surface area is 164 Å². The van der Waals surface area contributed by atoms with E-state index < -0.39 is 0 Å². The van der Waals surface area contributed by atoms with E-state index in [1.807, 2.05) is 22.9 Å². The lowest BCUT2D eigenvalue weighted by Crippen LogP contribution is -2.41. The Balaban J connectivity index is 1.42. The standard InChI is InChI=1S/C20H27N5O3/c1-3-23-11-15(8-18(23)27)20(28)25-7-5-17-16(12-25)9-21-19(22-17)14-4-6-24(10-14)13(2)26/h9,14-15H,3-8,10-12H2,1-2H3. The van der Waals surface area contributed by atoms with E-state index in [0.29, 0.717) is 45.6 Å². The fourth-order valence-corrected chi connectivity index (χ4v) is 4.47. The molecule has 2 fully saturated rings. The van der Waals surface area contributed by atoms with Gasteiger partial charge < -0.3 is 14.7 Å². The van der Waals surface area contributed by atoms with E-state index in [1.165, 1.54) is 0 Å². The molecular formula is C20H27N5O3. The maximum absolute atomic E-state index is 12.9. The first-order valence-electron chi connectivity index (χ1n) is 10.1. The molecule has 0 aliphatic carbocycles. The lowest BCUT2D eigenvalue weighted by atomic mass is 10.0. The summed E-state index contributed by atoms with van der Waals surface area (Å²) in [6.07, 6.45) is 3.76. The average molecular weight is 385 g/mol. The number of hydrogen-bond donors (Lipinski definition) is 0. The highest BCUT2D eigenvalue weighted by atomic mass is 16.2. The Hall–Kier alpha value is -2.51. The van der Waals surface area contributed by atoms with E-state index in [0.717, 1.165) is 30.0 Å². The molecule has 0 bridgehead atoms. The number of hydrogen-bond acceptors (Lipinski definition) is 5. The van der Waals surface area contributed by atoms with E-state index >= 15 is 0 Å². The number of aromatic nitrogens is 2. The number of fused-ring (bicyclic) bond motifs is 1. The number of likely N-dealkylation sites (tertiary alicyclic amines) is 2. The van der Waals surface area contributed by atoms with Crippen molar-refractivity contribution in [3.63, 3.8) is 0 Å². The van der Waals surface area contributed by atoms with Crippen LogP contribution in [0.3, 0.4) is 0 Å². The van der Waals surface area contributed by atoms with Crippen molar-refractivity contribution < 1.29 is 14.4 Å². The van der Waals surface area contributed by atoms with Crippen LogP contribution in [0.5, 0.6) is 0 Å². The molecule has 0 saturated carbocycles. The highest BCUT2D eigenvalue weighted by Crippen LogP contribution is 2.28. The molecule has 2 atom stereocenters. The molecule has 2 saturated heterocycles. The van der Waals surface area contributed by atoms with Crippen molar-refractivity contribution in [3.8, 4) is 0 Å². The lowest BCUT2D eigenvalue weighted by molar-refractivity contribution is -0.136. The third-order valence-corrected chi connectivity index (χ3v) is 6.21. The van der Waals surface area contributed by atoms with Crippen LogP contribution in [0.15, 0.2) is 6.20 Å². The van der Waals surface area contributed by atoms with E-state index in [1.54, 1.807) is 11.8 Å². The Kier molecular flexibility index (Phi) is 5.03. The van der Waals surface area contributed by atoms with Gasteiger partial charge in [-0.15, -0.1) is 0 Å². The minimum absolute atomic E-state index is 0.0620. The van der Waals surface area contributed by atoms with Gasteiger partial charge in [0.15, 0.2) is 0 Å². The minimum Gasteiger partial charge on any atom is -0.342 e. The average Bonchev–Trinajstić information content (AvgIpc) is 3.33. The molecule has 1 aromatic rings. The molecule has 2 unspecified atom stereocenters. The fourth-order valence-electron chi connectivity index (χ4n) is 4.47. The maximum Gasteiger partial charge on any atom is 0.228 e. The molecule has 4 rings (SSSR count). The largest absolute Gasteiger partial charge is 0.342 e. The van der Waals surface area contributed by atoms with Crippen LogP contribution in [0.4, 0.5) is 0 Å². The smallest absolute Gasteiger partial charge is 0.228 e. The maximum atomic E-state index is 12.9. The zero-order valence-electron chi connectivity index (χ0n) is 16.6. The first-order chi connectivity index (χ1) is 13.5. The highest BCUT2D eigenvalue weighted by Gasteiger charge is 2.37. The normalized spacial score (nSPS) is 24.6.